The molecule has 3 nitrogen and oxygen atoms in total. The van der Waals surface area contributed by atoms with Gasteiger partial charge in [0.2, 0.25) is 5.91 Å². The van der Waals surface area contributed by atoms with Crippen LogP contribution in [0.5, 0.6) is 0 Å². The van der Waals surface area contributed by atoms with E-state index in [4.69, 9.17) is 0 Å². The van der Waals surface area contributed by atoms with E-state index in [9.17, 15) is 14.3 Å². The minimum atomic E-state index is -0.788. The van der Waals surface area contributed by atoms with Crippen molar-refractivity contribution in [1.29, 1.82) is 0 Å². The zero-order chi connectivity index (χ0) is 19.7. The van der Waals surface area contributed by atoms with Gasteiger partial charge in [0.05, 0.1) is 12.1 Å². The van der Waals surface area contributed by atoms with Gasteiger partial charge >= 0.3 is 0 Å². The summed E-state index contributed by atoms with van der Waals surface area (Å²) in [5.41, 5.74) is 3.69. The molecule has 142 valence electrons. The minimum Gasteiger partial charge on any atom is -0.386 e. The molecule has 1 aliphatic rings. The van der Waals surface area contributed by atoms with Crippen LogP contribution in [-0.2, 0) is 4.79 Å². The molecule has 1 amide bonds. The van der Waals surface area contributed by atoms with Crippen molar-refractivity contribution in [3.63, 3.8) is 0 Å². The summed E-state index contributed by atoms with van der Waals surface area (Å²) in [6.45, 7) is 0. The molecular weight excluding hydrogens is 353 g/mol. The molecule has 1 saturated heterocycles. The van der Waals surface area contributed by atoms with Crippen LogP contribution >= 0.6 is 0 Å². The number of aliphatic hydroxyl groups excluding tert-OH is 1. The van der Waals surface area contributed by atoms with Crippen LogP contribution in [0.25, 0.3) is 11.1 Å². The lowest BCUT2D eigenvalue weighted by Crippen LogP contribution is -2.36. The van der Waals surface area contributed by atoms with Crippen molar-refractivity contribution >= 4 is 5.91 Å². The number of aliphatic hydroxyl groups is 1. The normalized spacial score (nSPS) is 20.4. The lowest BCUT2D eigenvalue weighted by atomic mass is 9.86. The fraction of sp³-hybridized carbons (Fsp3) is 0.208. The quantitative estimate of drug-likeness (QED) is 0.727. The maximum Gasteiger partial charge on any atom is 0.223 e. The van der Waals surface area contributed by atoms with E-state index in [0.717, 1.165) is 22.3 Å². The second kappa shape index (κ2) is 7.56. The SMILES string of the molecule is CN1C(=O)C[C@H](c2ccccc2)[C@@H]1[C@@H](O)c1ccc(-c2ccc(F)cc2)cc1. The van der Waals surface area contributed by atoms with E-state index in [0.29, 0.717) is 6.42 Å². The van der Waals surface area contributed by atoms with E-state index in [1.807, 2.05) is 54.6 Å². The summed E-state index contributed by atoms with van der Waals surface area (Å²) in [7, 11) is 1.76. The molecule has 0 aromatic heterocycles. The summed E-state index contributed by atoms with van der Waals surface area (Å²) in [6.07, 6.45) is -0.389. The zero-order valence-corrected chi connectivity index (χ0v) is 15.6. The number of nitrogens with zero attached hydrogens (tertiary/aromatic N) is 1. The van der Waals surface area contributed by atoms with Crippen LogP contribution in [0.2, 0.25) is 0 Å². The topological polar surface area (TPSA) is 40.5 Å². The molecule has 0 saturated carbocycles. The summed E-state index contributed by atoms with van der Waals surface area (Å²) in [5.74, 6) is -0.275. The van der Waals surface area contributed by atoms with Crippen molar-refractivity contribution in [2.75, 3.05) is 7.05 Å². The zero-order valence-electron chi connectivity index (χ0n) is 15.6. The van der Waals surface area contributed by atoms with Crippen LogP contribution in [0.3, 0.4) is 0 Å². The molecule has 28 heavy (non-hydrogen) atoms. The number of amides is 1. The molecule has 3 atom stereocenters. The summed E-state index contributed by atoms with van der Waals surface area (Å²) in [4.78, 5) is 14.0. The van der Waals surface area contributed by atoms with Crippen molar-refractivity contribution < 1.29 is 14.3 Å². The predicted molar refractivity (Wildman–Crippen MR) is 107 cm³/mol. The highest BCUT2D eigenvalue weighted by Gasteiger charge is 2.42. The fourth-order valence-electron chi connectivity index (χ4n) is 4.05. The Bertz CT molecular complexity index is 954. The molecule has 1 aliphatic heterocycles. The lowest BCUT2D eigenvalue weighted by molar-refractivity contribution is -0.128. The van der Waals surface area contributed by atoms with Crippen LogP contribution < -0.4 is 0 Å². The molecular formula is C24H22FNO2. The number of rotatable bonds is 4. The number of benzene rings is 3. The molecule has 0 unspecified atom stereocenters. The van der Waals surface area contributed by atoms with Crippen molar-refractivity contribution in [2.24, 2.45) is 0 Å². The monoisotopic (exact) mass is 375 g/mol. The third-order valence-electron chi connectivity index (χ3n) is 5.63. The number of carbonyl (C=O) groups excluding carboxylic acids is 1. The lowest BCUT2D eigenvalue weighted by Gasteiger charge is -2.30. The molecule has 0 spiro atoms. The van der Waals surface area contributed by atoms with Gasteiger partial charge in [0.1, 0.15) is 5.82 Å². The Morgan fingerprint density at radius 3 is 2.11 bits per heavy atom. The maximum absolute atomic E-state index is 13.1. The van der Waals surface area contributed by atoms with E-state index in [1.54, 1.807) is 24.1 Å². The Labute approximate surface area is 164 Å². The Kier molecular flexibility index (Phi) is 4.97. The predicted octanol–water partition coefficient (Wildman–Crippen LogP) is 4.54. The number of likely N-dealkylation sites (N-methyl/N-ethyl adjacent to an activating group) is 1. The first-order chi connectivity index (χ1) is 13.5. The highest BCUT2D eigenvalue weighted by Crippen LogP contribution is 2.40. The number of hydrogen-bond acceptors (Lipinski definition) is 2. The second-order valence-electron chi connectivity index (χ2n) is 7.29. The molecule has 1 heterocycles. The van der Waals surface area contributed by atoms with E-state index in [1.165, 1.54) is 12.1 Å². The number of likely N-dealkylation sites (tertiary alicyclic amines) is 1. The Morgan fingerprint density at radius 1 is 0.929 bits per heavy atom. The summed E-state index contributed by atoms with van der Waals surface area (Å²) >= 11 is 0. The van der Waals surface area contributed by atoms with Gasteiger partial charge in [0.25, 0.3) is 0 Å². The van der Waals surface area contributed by atoms with Crippen molar-refractivity contribution in [3.8, 4) is 11.1 Å². The van der Waals surface area contributed by atoms with Crippen LogP contribution in [0, 0.1) is 5.82 Å². The van der Waals surface area contributed by atoms with E-state index < -0.39 is 6.10 Å². The van der Waals surface area contributed by atoms with E-state index in [2.05, 4.69) is 0 Å². The van der Waals surface area contributed by atoms with Crippen LogP contribution in [0.1, 0.15) is 29.6 Å². The Hall–Kier alpha value is -2.98. The number of halogens is 1. The van der Waals surface area contributed by atoms with Crippen molar-refractivity contribution in [1.82, 2.24) is 4.90 Å². The molecule has 1 fully saturated rings. The largest absolute Gasteiger partial charge is 0.386 e. The summed E-state index contributed by atoms with van der Waals surface area (Å²) < 4.78 is 13.1. The number of carbonyl (C=O) groups is 1. The molecule has 4 rings (SSSR count). The maximum atomic E-state index is 13.1. The molecule has 0 radical (unpaired) electrons. The van der Waals surface area contributed by atoms with Gasteiger partial charge in [-0.05, 0) is 34.4 Å². The van der Waals surface area contributed by atoms with Gasteiger partial charge < -0.3 is 10.0 Å². The highest BCUT2D eigenvalue weighted by molar-refractivity contribution is 5.80. The van der Waals surface area contributed by atoms with Gasteiger partial charge in [-0.2, -0.15) is 0 Å². The Morgan fingerprint density at radius 2 is 1.50 bits per heavy atom. The average Bonchev–Trinajstić information content (AvgIpc) is 3.03. The third-order valence-corrected chi connectivity index (χ3v) is 5.63. The second-order valence-corrected chi connectivity index (χ2v) is 7.29. The molecule has 3 aromatic rings. The van der Waals surface area contributed by atoms with Gasteiger partial charge in [0, 0.05) is 19.4 Å². The standard InChI is InChI=1S/C24H22FNO2/c1-26-22(27)15-21(18-5-3-2-4-6-18)23(26)24(28)19-9-7-16(8-10-19)17-11-13-20(25)14-12-17/h2-14,21,23-24,28H,15H2,1H3/t21-,23-,24+/m1/s1. The summed E-state index contributed by atoms with van der Waals surface area (Å²) in [5, 5.41) is 11.1. The third kappa shape index (κ3) is 3.43. The van der Waals surface area contributed by atoms with Gasteiger partial charge in [-0.3, -0.25) is 4.79 Å². The minimum absolute atomic E-state index is 0.0424. The molecule has 0 aliphatic carbocycles. The Balaban J connectivity index is 1.61. The van der Waals surface area contributed by atoms with E-state index in [-0.39, 0.29) is 23.7 Å². The van der Waals surface area contributed by atoms with Crippen LogP contribution in [-0.4, -0.2) is 29.0 Å². The van der Waals surface area contributed by atoms with Gasteiger partial charge in [0.15, 0.2) is 0 Å². The first-order valence-corrected chi connectivity index (χ1v) is 9.39. The highest BCUT2D eigenvalue weighted by atomic mass is 19.1. The molecule has 0 bridgehead atoms. The van der Waals surface area contributed by atoms with Gasteiger partial charge in [-0.25, -0.2) is 4.39 Å². The smallest absolute Gasteiger partial charge is 0.223 e. The fourth-order valence-corrected chi connectivity index (χ4v) is 4.05. The average molecular weight is 375 g/mol. The van der Waals surface area contributed by atoms with Crippen molar-refractivity contribution in [3.05, 3.63) is 95.8 Å². The molecule has 1 N–H and O–H groups in total. The van der Waals surface area contributed by atoms with Gasteiger partial charge in [-0.15, -0.1) is 0 Å². The van der Waals surface area contributed by atoms with E-state index >= 15 is 0 Å². The first kappa shape index (κ1) is 18.4. The molecule has 3 aromatic carbocycles. The van der Waals surface area contributed by atoms with Crippen molar-refractivity contribution in [2.45, 2.75) is 24.5 Å². The first-order valence-electron chi connectivity index (χ1n) is 9.39. The van der Waals surface area contributed by atoms with Crippen LogP contribution in [0.4, 0.5) is 4.39 Å². The number of hydrogen-bond donors (Lipinski definition) is 1. The van der Waals surface area contributed by atoms with Crippen LogP contribution in [0.15, 0.2) is 78.9 Å². The van der Waals surface area contributed by atoms with Gasteiger partial charge in [-0.1, -0.05) is 66.7 Å². The summed E-state index contributed by atoms with van der Waals surface area (Å²) in [6, 6.07) is 23.5. The molecule has 4 heteroatoms.